The molecule has 0 bridgehead atoms. The second-order valence-electron chi connectivity index (χ2n) is 5.60. The molecule has 0 amide bonds. The van der Waals surface area contributed by atoms with E-state index in [4.69, 9.17) is 16.3 Å². The van der Waals surface area contributed by atoms with Crippen LogP contribution in [0.3, 0.4) is 0 Å². The van der Waals surface area contributed by atoms with Crippen LogP contribution >= 0.6 is 11.6 Å². The Morgan fingerprint density at radius 3 is 2.20 bits per heavy atom. The maximum atomic E-state index is 12.5. The van der Waals surface area contributed by atoms with Crippen LogP contribution in [0.15, 0.2) is 53.4 Å². The molecule has 1 heterocycles. The van der Waals surface area contributed by atoms with Crippen molar-refractivity contribution in [2.24, 2.45) is 0 Å². The van der Waals surface area contributed by atoms with Crippen molar-refractivity contribution >= 4 is 38.5 Å². The minimum Gasteiger partial charge on any atom is -0.491 e. The van der Waals surface area contributed by atoms with Crippen molar-refractivity contribution in [2.75, 3.05) is 4.72 Å². The maximum absolute atomic E-state index is 12.5. The monoisotopic (exact) mass is 377 g/mol. The summed E-state index contributed by atoms with van der Waals surface area (Å²) in [6, 6.07) is 13.2. The largest absolute Gasteiger partial charge is 0.491 e. The van der Waals surface area contributed by atoms with Gasteiger partial charge in [0.05, 0.1) is 22.0 Å². The molecular weight excluding hydrogens is 362 g/mol. The number of ether oxygens (including phenoxy) is 1. The Morgan fingerprint density at radius 1 is 1.00 bits per heavy atom. The number of hydrogen-bond donors (Lipinski definition) is 1. The quantitative estimate of drug-likeness (QED) is 0.729. The molecule has 25 heavy (non-hydrogen) atoms. The zero-order valence-corrected chi connectivity index (χ0v) is 15.2. The van der Waals surface area contributed by atoms with Gasteiger partial charge >= 0.3 is 0 Å². The number of nitrogens with zero attached hydrogens (tertiary/aromatic N) is 2. The lowest BCUT2D eigenvalue weighted by Gasteiger charge is -2.11. The molecule has 3 rings (SSSR count). The third-order valence-corrected chi connectivity index (χ3v) is 4.88. The molecule has 0 fully saturated rings. The molecule has 0 aliphatic carbocycles. The van der Waals surface area contributed by atoms with Crippen molar-refractivity contribution in [3.63, 3.8) is 0 Å². The van der Waals surface area contributed by atoms with Gasteiger partial charge in [-0.2, -0.15) is 0 Å². The first kappa shape index (κ1) is 17.4. The summed E-state index contributed by atoms with van der Waals surface area (Å²) in [6.45, 7) is 3.79. The fourth-order valence-corrected chi connectivity index (χ4v) is 3.44. The highest BCUT2D eigenvalue weighted by Crippen LogP contribution is 2.24. The fraction of sp³-hybridized carbons (Fsp3) is 0.176. The summed E-state index contributed by atoms with van der Waals surface area (Å²) < 4.78 is 33.0. The van der Waals surface area contributed by atoms with E-state index >= 15 is 0 Å². The Balaban J connectivity index is 1.89. The minimum absolute atomic E-state index is 0.00672. The van der Waals surface area contributed by atoms with Crippen LogP contribution in [-0.2, 0) is 10.0 Å². The number of rotatable bonds is 5. The normalized spacial score (nSPS) is 11.7. The summed E-state index contributed by atoms with van der Waals surface area (Å²) in [5.74, 6) is 0.584. The van der Waals surface area contributed by atoms with Gasteiger partial charge in [-0.25, -0.2) is 18.4 Å². The van der Waals surface area contributed by atoms with Crippen molar-refractivity contribution < 1.29 is 13.2 Å². The highest BCUT2D eigenvalue weighted by atomic mass is 35.5. The molecule has 0 aliphatic heterocycles. The summed E-state index contributed by atoms with van der Waals surface area (Å²) in [7, 11) is -3.84. The van der Waals surface area contributed by atoms with E-state index in [0.29, 0.717) is 16.8 Å². The molecule has 0 unspecified atom stereocenters. The van der Waals surface area contributed by atoms with Crippen molar-refractivity contribution in [1.82, 2.24) is 9.97 Å². The number of benzene rings is 2. The summed E-state index contributed by atoms with van der Waals surface area (Å²) in [5.41, 5.74) is 1.14. The van der Waals surface area contributed by atoms with Gasteiger partial charge in [0.15, 0.2) is 11.0 Å². The number of hydrogen-bond acceptors (Lipinski definition) is 5. The Kier molecular flexibility index (Phi) is 4.78. The van der Waals surface area contributed by atoms with Gasteiger partial charge in [-0.3, -0.25) is 4.72 Å². The molecule has 0 aliphatic rings. The molecule has 6 nitrogen and oxygen atoms in total. The standard InChI is InChI=1S/C17H16ClN3O3S/c1-11(2)24-12-7-9-13(10-8-12)25(22,23)21-17-16(18)19-14-5-3-4-6-15(14)20-17/h3-11H,1-2H3,(H,20,21). The zero-order chi connectivity index (χ0) is 18.0. The van der Waals surface area contributed by atoms with Crippen molar-refractivity contribution in [3.05, 3.63) is 53.7 Å². The van der Waals surface area contributed by atoms with Gasteiger partial charge in [0.2, 0.25) is 0 Å². The summed E-state index contributed by atoms with van der Waals surface area (Å²) >= 11 is 6.06. The van der Waals surface area contributed by atoms with Crippen LogP contribution in [0.2, 0.25) is 5.15 Å². The van der Waals surface area contributed by atoms with Gasteiger partial charge in [0.1, 0.15) is 5.75 Å². The van der Waals surface area contributed by atoms with E-state index in [1.54, 1.807) is 36.4 Å². The van der Waals surface area contributed by atoms with Gasteiger partial charge in [-0.1, -0.05) is 23.7 Å². The van der Waals surface area contributed by atoms with Gasteiger partial charge in [-0.15, -0.1) is 0 Å². The van der Waals surface area contributed by atoms with E-state index in [0.717, 1.165) is 0 Å². The smallest absolute Gasteiger partial charge is 0.263 e. The van der Waals surface area contributed by atoms with E-state index in [1.165, 1.54) is 12.1 Å². The minimum atomic E-state index is -3.84. The number of aromatic nitrogens is 2. The van der Waals surface area contributed by atoms with Gasteiger partial charge < -0.3 is 4.74 Å². The first-order valence-electron chi connectivity index (χ1n) is 7.57. The Hall–Kier alpha value is -2.38. The van der Waals surface area contributed by atoms with Crippen LogP contribution in [0.25, 0.3) is 11.0 Å². The van der Waals surface area contributed by atoms with E-state index in [1.807, 2.05) is 13.8 Å². The van der Waals surface area contributed by atoms with Gasteiger partial charge in [0.25, 0.3) is 10.0 Å². The summed E-state index contributed by atoms with van der Waals surface area (Å²) in [5, 5.41) is -0.0120. The number of para-hydroxylation sites is 2. The fourth-order valence-electron chi connectivity index (χ4n) is 2.20. The lowest BCUT2D eigenvalue weighted by Crippen LogP contribution is -2.15. The average Bonchev–Trinajstić information content (AvgIpc) is 2.55. The lowest BCUT2D eigenvalue weighted by atomic mass is 10.3. The van der Waals surface area contributed by atoms with Crippen molar-refractivity contribution in [1.29, 1.82) is 0 Å². The van der Waals surface area contributed by atoms with E-state index in [-0.39, 0.29) is 22.0 Å². The third kappa shape index (κ3) is 4.00. The van der Waals surface area contributed by atoms with Crippen LogP contribution in [0.1, 0.15) is 13.8 Å². The first-order chi connectivity index (χ1) is 11.8. The highest BCUT2D eigenvalue weighted by molar-refractivity contribution is 7.92. The number of nitrogens with one attached hydrogen (secondary N) is 1. The molecule has 3 aromatic rings. The Labute approximate surface area is 150 Å². The number of fused-ring (bicyclic) bond motifs is 1. The van der Waals surface area contributed by atoms with Crippen LogP contribution in [0, 0.1) is 0 Å². The number of halogens is 1. The molecule has 1 aromatic heterocycles. The molecule has 130 valence electrons. The van der Waals surface area contributed by atoms with E-state index in [2.05, 4.69) is 14.7 Å². The molecule has 0 atom stereocenters. The molecular formula is C17H16ClN3O3S. The molecule has 1 N–H and O–H groups in total. The van der Waals surface area contributed by atoms with Gasteiger partial charge in [-0.05, 0) is 50.2 Å². The SMILES string of the molecule is CC(C)Oc1ccc(S(=O)(=O)Nc2nc3ccccc3nc2Cl)cc1. The van der Waals surface area contributed by atoms with Crippen LogP contribution in [0.5, 0.6) is 5.75 Å². The summed E-state index contributed by atoms with van der Waals surface area (Å²) in [4.78, 5) is 8.47. The van der Waals surface area contributed by atoms with Crippen LogP contribution in [0.4, 0.5) is 5.82 Å². The first-order valence-corrected chi connectivity index (χ1v) is 9.43. The second-order valence-corrected chi connectivity index (χ2v) is 7.64. The maximum Gasteiger partial charge on any atom is 0.263 e. The number of sulfonamides is 1. The summed E-state index contributed by atoms with van der Waals surface area (Å²) in [6.07, 6.45) is 0.00672. The van der Waals surface area contributed by atoms with E-state index < -0.39 is 10.0 Å². The molecule has 2 aromatic carbocycles. The zero-order valence-electron chi connectivity index (χ0n) is 13.6. The molecule has 0 spiro atoms. The van der Waals surface area contributed by atoms with E-state index in [9.17, 15) is 8.42 Å². The highest BCUT2D eigenvalue weighted by Gasteiger charge is 2.18. The third-order valence-electron chi connectivity index (χ3n) is 3.26. The van der Waals surface area contributed by atoms with Crippen LogP contribution < -0.4 is 9.46 Å². The Bertz CT molecular complexity index is 1010. The second kappa shape index (κ2) is 6.85. The van der Waals surface area contributed by atoms with Crippen molar-refractivity contribution in [3.8, 4) is 5.75 Å². The predicted octanol–water partition coefficient (Wildman–Crippen LogP) is 3.87. The lowest BCUT2D eigenvalue weighted by molar-refractivity contribution is 0.242. The van der Waals surface area contributed by atoms with Crippen molar-refractivity contribution in [2.45, 2.75) is 24.8 Å². The predicted molar refractivity (Wildman–Crippen MR) is 97.6 cm³/mol. The van der Waals surface area contributed by atoms with Crippen LogP contribution in [-0.4, -0.2) is 24.5 Å². The number of anilines is 1. The molecule has 8 heteroatoms. The topological polar surface area (TPSA) is 81.2 Å². The van der Waals surface area contributed by atoms with Gasteiger partial charge in [0, 0.05) is 0 Å². The molecule has 0 radical (unpaired) electrons. The Morgan fingerprint density at radius 2 is 1.60 bits per heavy atom. The molecule has 0 saturated heterocycles. The molecule has 0 saturated carbocycles. The average molecular weight is 378 g/mol.